The van der Waals surface area contributed by atoms with Crippen molar-refractivity contribution < 1.29 is 4.74 Å². The number of unbranched alkanes of at least 4 members (excludes halogenated alkanes) is 3. The highest BCUT2D eigenvalue weighted by atomic mass is 127. The number of aryl methyl sites for hydroxylation is 1. The topological polar surface area (TPSA) is 76.4 Å². The Balaban J connectivity index is 0.00000729. The van der Waals surface area contributed by atoms with Crippen molar-refractivity contribution in [1.82, 2.24) is 25.4 Å². The molecule has 8 heteroatoms. The molecule has 0 amide bonds. The Kier molecular flexibility index (Phi) is 17.6. The van der Waals surface area contributed by atoms with Gasteiger partial charge in [-0.25, -0.2) is 0 Å². The van der Waals surface area contributed by atoms with E-state index in [0.717, 1.165) is 57.5 Å². The zero-order valence-corrected chi connectivity index (χ0v) is 20.6. The SMILES string of the molecule is CCCCCCC(C)NC(=NCCCOCC)NCCn1cnnc1CC.I. The maximum atomic E-state index is 5.40. The van der Waals surface area contributed by atoms with Gasteiger partial charge in [-0.2, -0.15) is 0 Å². The van der Waals surface area contributed by atoms with Crippen molar-refractivity contribution in [2.45, 2.75) is 85.2 Å². The average molecular weight is 508 g/mol. The molecular weight excluding hydrogens is 467 g/mol. The number of aliphatic imine (C=N–C) groups is 1. The van der Waals surface area contributed by atoms with E-state index in [2.05, 4.69) is 46.2 Å². The van der Waals surface area contributed by atoms with E-state index in [1.54, 1.807) is 6.33 Å². The Labute approximate surface area is 188 Å². The summed E-state index contributed by atoms with van der Waals surface area (Å²) in [6.07, 6.45) is 9.97. The van der Waals surface area contributed by atoms with Crippen LogP contribution < -0.4 is 10.6 Å². The molecule has 0 radical (unpaired) electrons. The van der Waals surface area contributed by atoms with Gasteiger partial charge in [0.1, 0.15) is 12.2 Å². The maximum Gasteiger partial charge on any atom is 0.191 e. The number of rotatable bonds is 15. The summed E-state index contributed by atoms with van der Waals surface area (Å²) in [7, 11) is 0. The number of ether oxygens (including phenoxy) is 1. The molecule has 2 N–H and O–H groups in total. The fourth-order valence-corrected chi connectivity index (χ4v) is 2.87. The van der Waals surface area contributed by atoms with Crippen LogP contribution in [-0.2, 0) is 17.7 Å². The van der Waals surface area contributed by atoms with Gasteiger partial charge >= 0.3 is 0 Å². The lowest BCUT2D eigenvalue weighted by Gasteiger charge is -2.19. The summed E-state index contributed by atoms with van der Waals surface area (Å²) >= 11 is 0. The third kappa shape index (κ3) is 12.5. The van der Waals surface area contributed by atoms with Crippen LogP contribution in [0, 0.1) is 0 Å². The van der Waals surface area contributed by atoms with Crippen molar-refractivity contribution in [2.75, 3.05) is 26.3 Å². The van der Waals surface area contributed by atoms with E-state index in [1.807, 2.05) is 6.92 Å². The van der Waals surface area contributed by atoms with E-state index in [1.165, 1.54) is 32.1 Å². The van der Waals surface area contributed by atoms with Crippen molar-refractivity contribution in [3.63, 3.8) is 0 Å². The van der Waals surface area contributed by atoms with Crippen LogP contribution in [0.1, 0.15) is 72.0 Å². The summed E-state index contributed by atoms with van der Waals surface area (Å²) in [5.41, 5.74) is 0. The van der Waals surface area contributed by atoms with Crippen LogP contribution in [0.4, 0.5) is 0 Å². The molecule has 0 aliphatic heterocycles. The second-order valence-corrected chi connectivity index (χ2v) is 6.90. The second kappa shape index (κ2) is 18.1. The Morgan fingerprint density at radius 3 is 2.75 bits per heavy atom. The van der Waals surface area contributed by atoms with Gasteiger partial charge in [0.05, 0.1) is 0 Å². The molecule has 164 valence electrons. The van der Waals surface area contributed by atoms with Gasteiger partial charge in [-0.1, -0.05) is 39.5 Å². The quantitative estimate of drug-likeness (QED) is 0.163. The molecule has 0 spiro atoms. The van der Waals surface area contributed by atoms with Crippen LogP contribution in [0.15, 0.2) is 11.3 Å². The summed E-state index contributed by atoms with van der Waals surface area (Å²) in [4.78, 5) is 4.72. The molecule has 1 unspecified atom stereocenters. The third-order valence-corrected chi connectivity index (χ3v) is 4.45. The minimum atomic E-state index is 0. The fourth-order valence-electron chi connectivity index (χ4n) is 2.87. The lowest BCUT2D eigenvalue weighted by Crippen LogP contribution is -2.43. The molecule has 0 bridgehead atoms. The van der Waals surface area contributed by atoms with E-state index >= 15 is 0 Å². The smallest absolute Gasteiger partial charge is 0.191 e. The first-order chi connectivity index (χ1) is 13.2. The first-order valence-corrected chi connectivity index (χ1v) is 10.7. The highest BCUT2D eigenvalue weighted by Gasteiger charge is 2.06. The Morgan fingerprint density at radius 2 is 2.04 bits per heavy atom. The predicted molar refractivity (Wildman–Crippen MR) is 128 cm³/mol. The molecule has 0 saturated heterocycles. The first kappa shape index (κ1) is 27.1. The van der Waals surface area contributed by atoms with Crippen molar-refractivity contribution >= 4 is 29.9 Å². The molecule has 0 aliphatic rings. The molecule has 0 fully saturated rings. The highest BCUT2D eigenvalue weighted by Crippen LogP contribution is 2.05. The van der Waals surface area contributed by atoms with Gasteiger partial charge in [-0.3, -0.25) is 4.99 Å². The van der Waals surface area contributed by atoms with E-state index < -0.39 is 0 Å². The number of guanidine groups is 1. The van der Waals surface area contributed by atoms with Crippen molar-refractivity contribution in [3.05, 3.63) is 12.2 Å². The third-order valence-electron chi connectivity index (χ3n) is 4.45. The maximum absolute atomic E-state index is 5.40. The van der Waals surface area contributed by atoms with Crippen molar-refractivity contribution in [1.29, 1.82) is 0 Å². The minimum Gasteiger partial charge on any atom is -0.382 e. The molecule has 0 aromatic carbocycles. The zero-order chi connectivity index (χ0) is 19.7. The number of hydrogen-bond donors (Lipinski definition) is 2. The van der Waals surface area contributed by atoms with Gasteiger partial charge in [-0.05, 0) is 26.7 Å². The van der Waals surface area contributed by atoms with Gasteiger partial charge < -0.3 is 19.9 Å². The lowest BCUT2D eigenvalue weighted by molar-refractivity contribution is 0.146. The van der Waals surface area contributed by atoms with Crippen LogP contribution in [0.3, 0.4) is 0 Å². The van der Waals surface area contributed by atoms with E-state index in [4.69, 9.17) is 9.73 Å². The number of halogens is 1. The Morgan fingerprint density at radius 1 is 1.21 bits per heavy atom. The predicted octanol–water partition coefficient (Wildman–Crippen LogP) is 3.78. The molecule has 0 aliphatic carbocycles. The van der Waals surface area contributed by atoms with Gasteiger partial charge in [-0.15, -0.1) is 34.2 Å². The Bertz CT molecular complexity index is 509. The Hall–Kier alpha value is -0.900. The van der Waals surface area contributed by atoms with Crippen LogP contribution in [0.25, 0.3) is 0 Å². The van der Waals surface area contributed by atoms with E-state index in [0.29, 0.717) is 6.04 Å². The fraction of sp³-hybridized carbons (Fsp3) is 0.850. The number of hydrogen-bond acceptors (Lipinski definition) is 4. The van der Waals surface area contributed by atoms with Gasteiger partial charge in [0, 0.05) is 45.3 Å². The summed E-state index contributed by atoms with van der Waals surface area (Å²) < 4.78 is 7.49. The molecule has 1 rings (SSSR count). The summed E-state index contributed by atoms with van der Waals surface area (Å²) in [5.74, 6) is 1.91. The van der Waals surface area contributed by atoms with Gasteiger partial charge in [0.2, 0.25) is 0 Å². The first-order valence-electron chi connectivity index (χ1n) is 10.7. The zero-order valence-electron chi connectivity index (χ0n) is 18.2. The highest BCUT2D eigenvalue weighted by molar-refractivity contribution is 14.0. The molecular formula is C20H41IN6O. The van der Waals surface area contributed by atoms with E-state index in [-0.39, 0.29) is 24.0 Å². The van der Waals surface area contributed by atoms with Crippen molar-refractivity contribution in [2.24, 2.45) is 4.99 Å². The van der Waals surface area contributed by atoms with Crippen LogP contribution in [0.2, 0.25) is 0 Å². The standard InChI is InChI=1S/C20H40N6O.HI/c1-5-8-9-10-12-18(4)24-20(21-13-11-16-27-7-3)22-14-15-26-17-23-25-19(26)6-2;/h17-18H,5-16H2,1-4H3,(H2,21,22,24);1H. The van der Waals surface area contributed by atoms with Gasteiger partial charge in [0.25, 0.3) is 0 Å². The average Bonchev–Trinajstić information content (AvgIpc) is 3.12. The van der Waals surface area contributed by atoms with Crippen LogP contribution >= 0.6 is 24.0 Å². The molecule has 1 aromatic heterocycles. The number of nitrogens with one attached hydrogen (secondary N) is 2. The summed E-state index contributed by atoms with van der Waals surface area (Å²) in [6, 6.07) is 0.418. The van der Waals surface area contributed by atoms with Gasteiger partial charge in [0.15, 0.2) is 5.96 Å². The normalized spacial score (nSPS) is 12.5. The van der Waals surface area contributed by atoms with Crippen LogP contribution in [0.5, 0.6) is 0 Å². The van der Waals surface area contributed by atoms with E-state index in [9.17, 15) is 0 Å². The second-order valence-electron chi connectivity index (χ2n) is 6.90. The number of nitrogens with zero attached hydrogens (tertiary/aromatic N) is 4. The molecule has 28 heavy (non-hydrogen) atoms. The van der Waals surface area contributed by atoms with Crippen LogP contribution in [-0.4, -0.2) is 53.1 Å². The lowest BCUT2D eigenvalue weighted by atomic mass is 10.1. The molecule has 7 nitrogen and oxygen atoms in total. The minimum absolute atomic E-state index is 0. The monoisotopic (exact) mass is 508 g/mol. The van der Waals surface area contributed by atoms with Crippen molar-refractivity contribution in [3.8, 4) is 0 Å². The largest absolute Gasteiger partial charge is 0.382 e. The molecule has 0 saturated carbocycles. The molecule has 1 atom stereocenters. The summed E-state index contributed by atoms with van der Waals surface area (Å²) in [6.45, 7) is 12.5. The molecule has 1 aromatic rings. The number of aromatic nitrogens is 3. The molecule has 1 heterocycles. The summed E-state index contributed by atoms with van der Waals surface area (Å²) in [5, 5.41) is 15.1.